The number of hydrogen-bond acceptors (Lipinski definition) is 8. The lowest BCUT2D eigenvalue weighted by Crippen LogP contribution is -2.01. The number of nitrogens with zero attached hydrogens (tertiary/aromatic N) is 4. The maximum Gasteiger partial charge on any atom is 0.312 e. The molecule has 2 aromatic heterocycles. The van der Waals surface area contributed by atoms with Gasteiger partial charge in [0.15, 0.2) is 5.16 Å². The van der Waals surface area contributed by atoms with Crippen LogP contribution in [0.25, 0.3) is 0 Å². The molecule has 2 heterocycles. The van der Waals surface area contributed by atoms with E-state index in [4.69, 9.17) is 16.2 Å². The van der Waals surface area contributed by atoms with Crippen LogP contribution in [0.5, 0.6) is 6.01 Å². The molecule has 0 saturated carbocycles. The zero-order chi connectivity index (χ0) is 11.4. The molecule has 0 atom stereocenters. The summed E-state index contributed by atoms with van der Waals surface area (Å²) in [6.45, 7) is 0. The molecule has 0 aromatic carbocycles. The molecule has 0 spiro atoms. The van der Waals surface area contributed by atoms with Gasteiger partial charge < -0.3 is 16.2 Å². The molecule has 84 valence electrons. The summed E-state index contributed by atoms with van der Waals surface area (Å²) in [5, 5.41) is 6.65. The maximum absolute atomic E-state index is 5.51. The van der Waals surface area contributed by atoms with Gasteiger partial charge in [-0.15, -0.1) is 0 Å². The Labute approximate surface area is 94.8 Å². The van der Waals surface area contributed by atoms with Crippen LogP contribution in [0.4, 0.5) is 11.6 Å². The van der Waals surface area contributed by atoms with Crippen molar-refractivity contribution in [2.75, 3.05) is 17.4 Å². The first-order valence-corrected chi connectivity index (χ1v) is 5.23. The largest absolute Gasteiger partial charge is 0.452 e. The molecule has 2 aromatic rings. The lowest BCUT2D eigenvalue weighted by Gasteiger charge is -2.02. The molecule has 0 radical (unpaired) electrons. The first-order valence-electron chi connectivity index (χ1n) is 4.25. The quantitative estimate of drug-likeness (QED) is 0.383. The van der Waals surface area contributed by atoms with Crippen molar-refractivity contribution in [2.24, 2.45) is 0 Å². The van der Waals surface area contributed by atoms with Gasteiger partial charge in [-0.25, -0.2) is 15.1 Å². The van der Waals surface area contributed by atoms with E-state index < -0.39 is 0 Å². The third-order valence-corrected chi connectivity index (χ3v) is 2.20. The SMILES string of the molecule is Nc1cc(N)nc(SCOc2ncn[nH]2)n1. The molecule has 0 bridgehead atoms. The minimum atomic E-state index is 0.290. The first-order chi connectivity index (χ1) is 7.74. The number of rotatable bonds is 4. The summed E-state index contributed by atoms with van der Waals surface area (Å²) >= 11 is 1.25. The van der Waals surface area contributed by atoms with Crippen molar-refractivity contribution in [3.63, 3.8) is 0 Å². The van der Waals surface area contributed by atoms with E-state index in [0.29, 0.717) is 22.8 Å². The van der Waals surface area contributed by atoms with E-state index in [-0.39, 0.29) is 5.94 Å². The number of aromatic amines is 1. The average Bonchev–Trinajstić information content (AvgIpc) is 2.69. The summed E-state index contributed by atoms with van der Waals surface area (Å²) in [7, 11) is 0. The zero-order valence-electron chi connectivity index (χ0n) is 8.12. The van der Waals surface area contributed by atoms with Gasteiger partial charge in [-0.05, 0) is 11.8 Å². The number of anilines is 2. The van der Waals surface area contributed by atoms with Crippen molar-refractivity contribution in [3.05, 3.63) is 12.4 Å². The molecule has 9 heteroatoms. The molecule has 0 unspecified atom stereocenters. The fraction of sp³-hybridized carbons (Fsp3) is 0.143. The molecular weight excluding hydrogens is 230 g/mol. The highest BCUT2D eigenvalue weighted by molar-refractivity contribution is 7.99. The normalized spacial score (nSPS) is 10.2. The van der Waals surface area contributed by atoms with Gasteiger partial charge >= 0.3 is 6.01 Å². The topological polar surface area (TPSA) is 129 Å². The summed E-state index contributed by atoms with van der Waals surface area (Å²) in [5.74, 6) is 0.947. The van der Waals surface area contributed by atoms with Crippen LogP contribution in [0.1, 0.15) is 0 Å². The standard InChI is InChI=1S/C7H9N7OS/c8-4-1-5(9)13-7(12-4)16-3-15-6-10-2-11-14-6/h1-2H,3H2,(H,10,11,14)(H4,8,9,12,13). The highest BCUT2D eigenvalue weighted by Crippen LogP contribution is 2.16. The van der Waals surface area contributed by atoms with Crippen LogP contribution < -0.4 is 16.2 Å². The minimum Gasteiger partial charge on any atom is -0.452 e. The molecule has 0 aliphatic carbocycles. The second kappa shape index (κ2) is 4.66. The molecular formula is C7H9N7OS. The predicted octanol–water partition coefficient (Wildman–Crippen LogP) is -0.112. The Hall–Kier alpha value is -2.03. The van der Waals surface area contributed by atoms with E-state index >= 15 is 0 Å². The average molecular weight is 239 g/mol. The van der Waals surface area contributed by atoms with Gasteiger partial charge in [0, 0.05) is 6.07 Å². The van der Waals surface area contributed by atoms with Crippen LogP contribution in [0.2, 0.25) is 0 Å². The van der Waals surface area contributed by atoms with E-state index in [1.54, 1.807) is 0 Å². The van der Waals surface area contributed by atoms with Crippen LogP contribution in [0, 0.1) is 0 Å². The van der Waals surface area contributed by atoms with E-state index in [1.165, 1.54) is 24.2 Å². The maximum atomic E-state index is 5.51. The summed E-state index contributed by atoms with van der Waals surface area (Å²) in [5.41, 5.74) is 11.0. The number of aromatic nitrogens is 5. The van der Waals surface area contributed by atoms with Gasteiger partial charge in [-0.3, -0.25) is 0 Å². The summed E-state index contributed by atoms with van der Waals surface area (Å²) < 4.78 is 5.20. The molecule has 5 N–H and O–H groups in total. The molecule has 0 fully saturated rings. The van der Waals surface area contributed by atoms with Crippen molar-refractivity contribution in [3.8, 4) is 6.01 Å². The van der Waals surface area contributed by atoms with Crippen molar-refractivity contribution in [1.29, 1.82) is 0 Å². The Morgan fingerprint density at radius 3 is 2.69 bits per heavy atom. The molecule has 0 aliphatic rings. The van der Waals surface area contributed by atoms with Gasteiger partial charge in [-0.1, -0.05) is 0 Å². The van der Waals surface area contributed by atoms with Crippen molar-refractivity contribution in [2.45, 2.75) is 5.16 Å². The number of ether oxygens (including phenoxy) is 1. The van der Waals surface area contributed by atoms with Gasteiger partial charge in [0.1, 0.15) is 23.9 Å². The highest BCUT2D eigenvalue weighted by atomic mass is 32.2. The number of nitrogens with two attached hydrogens (primary N) is 2. The van der Waals surface area contributed by atoms with Crippen LogP contribution in [-0.4, -0.2) is 31.1 Å². The summed E-state index contributed by atoms with van der Waals surface area (Å²) in [6, 6.07) is 1.82. The van der Waals surface area contributed by atoms with Crippen molar-refractivity contribution in [1.82, 2.24) is 25.1 Å². The van der Waals surface area contributed by atoms with Gasteiger partial charge in [0.25, 0.3) is 0 Å². The van der Waals surface area contributed by atoms with Crippen molar-refractivity contribution >= 4 is 23.4 Å². The molecule has 8 nitrogen and oxygen atoms in total. The molecule has 0 aliphatic heterocycles. The molecule has 0 saturated heterocycles. The van der Waals surface area contributed by atoms with Crippen LogP contribution in [0.3, 0.4) is 0 Å². The Bertz CT molecular complexity index is 440. The Balaban J connectivity index is 1.89. The summed E-state index contributed by atoms with van der Waals surface area (Å²) in [6.07, 6.45) is 1.36. The zero-order valence-corrected chi connectivity index (χ0v) is 8.94. The van der Waals surface area contributed by atoms with Crippen LogP contribution >= 0.6 is 11.8 Å². The van der Waals surface area contributed by atoms with Crippen LogP contribution in [0.15, 0.2) is 17.6 Å². The second-order valence-corrected chi connectivity index (χ2v) is 3.59. The monoisotopic (exact) mass is 239 g/mol. The molecule has 0 amide bonds. The van der Waals surface area contributed by atoms with Gasteiger partial charge in [-0.2, -0.15) is 10.1 Å². The van der Waals surface area contributed by atoms with E-state index in [0.717, 1.165) is 0 Å². The molecule has 2 rings (SSSR count). The minimum absolute atomic E-state index is 0.290. The lowest BCUT2D eigenvalue weighted by atomic mass is 10.5. The van der Waals surface area contributed by atoms with Crippen LogP contribution in [-0.2, 0) is 0 Å². The summed E-state index contributed by atoms with van der Waals surface area (Å²) in [4.78, 5) is 11.7. The fourth-order valence-corrected chi connectivity index (χ4v) is 1.54. The van der Waals surface area contributed by atoms with Gasteiger partial charge in [0.05, 0.1) is 0 Å². The first kappa shape index (κ1) is 10.5. The highest BCUT2D eigenvalue weighted by Gasteiger charge is 2.02. The number of nitrogen functional groups attached to an aromatic ring is 2. The lowest BCUT2D eigenvalue weighted by molar-refractivity contribution is 0.361. The molecule has 16 heavy (non-hydrogen) atoms. The second-order valence-electron chi connectivity index (χ2n) is 2.70. The third kappa shape index (κ3) is 2.73. The van der Waals surface area contributed by atoms with Crippen molar-refractivity contribution < 1.29 is 4.74 Å². The van der Waals surface area contributed by atoms with Gasteiger partial charge in [0.2, 0.25) is 0 Å². The fourth-order valence-electron chi connectivity index (χ4n) is 0.928. The Morgan fingerprint density at radius 1 is 1.31 bits per heavy atom. The van der Waals surface area contributed by atoms with E-state index in [1.807, 2.05) is 0 Å². The van der Waals surface area contributed by atoms with E-state index in [2.05, 4.69) is 25.1 Å². The smallest absolute Gasteiger partial charge is 0.312 e. The number of H-pyrrole nitrogens is 1. The Kier molecular flexibility index (Phi) is 3.05. The number of hydrogen-bond donors (Lipinski definition) is 3. The number of thioether (sulfide) groups is 1. The number of nitrogens with one attached hydrogen (secondary N) is 1. The Morgan fingerprint density at radius 2 is 2.06 bits per heavy atom. The predicted molar refractivity (Wildman–Crippen MR) is 58.6 cm³/mol. The van der Waals surface area contributed by atoms with E-state index in [9.17, 15) is 0 Å². The third-order valence-electron chi connectivity index (χ3n) is 1.52.